The van der Waals surface area contributed by atoms with Gasteiger partial charge in [-0.15, -0.1) is 0 Å². The van der Waals surface area contributed by atoms with E-state index in [-0.39, 0.29) is 23.2 Å². The van der Waals surface area contributed by atoms with Gasteiger partial charge in [-0.05, 0) is 6.07 Å². The minimum absolute atomic E-state index is 0.0379. The average Bonchev–Trinajstić information content (AvgIpc) is 2.51. The van der Waals surface area contributed by atoms with Crippen LogP contribution in [-0.4, -0.2) is 16.2 Å². The Morgan fingerprint density at radius 1 is 1.05 bits per heavy atom. The summed E-state index contributed by atoms with van der Waals surface area (Å²) >= 11 is 0. The van der Waals surface area contributed by atoms with Crippen LogP contribution >= 0.6 is 0 Å². The van der Waals surface area contributed by atoms with E-state index in [1.165, 1.54) is 6.07 Å². The Labute approximate surface area is 125 Å². The van der Waals surface area contributed by atoms with Gasteiger partial charge in [-0.3, -0.25) is 9.59 Å². The van der Waals surface area contributed by atoms with Gasteiger partial charge in [0.1, 0.15) is 5.58 Å². The van der Waals surface area contributed by atoms with E-state index in [1.54, 1.807) is 42.5 Å². The van der Waals surface area contributed by atoms with Crippen LogP contribution in [0.15, 0.2) is 57.7 Å². The first-order valence-electron chi connectivity index (χ1n) is 6.63. The molecular formula is C17H12O5. The molecule has 2 aromatic carbocycles. The highest BCUT2D eigenvalue weighted by Crippen LogP contribution is 2.31. The lowest BCUT2D eigenvalue weighted by atomic mass is 10.1. The number of hydrogen-bond donors (Lipinski definition) is 2. The minimum atomic E-state index is -1.02. The van der Waals surface area contributed by atoms with Gasteiger partial charge in [-0.2, -0.15) is 0 Å². The summed E-state index contributed by atoms with van der Waals surface area (Å²) in [4.78, 5) is 23.3. The molecule has 0 saturated heterocycles. The first-order valence-corrected chi connectivity index (χ1v) is 6.63. The lowest BCUT2D eigenvalue weighted by Gasteiger charge is -2.08. The second kappa shape index (κ2) is 5.37. The van der Waals surface area contributed by atoms with Crippen molar-refractivity contribution in [2.45, 2.75) is 6.42 Å². The van der Waals surface area contributed by atoms with E-state index in [4.69, 9.17) is 9.52 Å². The Kier molecular flexibility index (Phi) is 3.39. The molecule has 1 heterocycles. The quantitative estimate of drug-likeness (QED) is 0.776. The fourth-order valence-corrected chi connectivity index (χ4v) is 2.35. The maximum atomic E-state index is 12.3. The predicted molar refractivity (Wildman–Crippen MR) is 80.9 cm³/mol. The molecule has 0 radical (unpaired) electrons. The highest BCUT2D eigenvalue weighted by Gasteiger charge is 2.17. The molecule has 0 spiro atoms. The molecular weight excluding hydrogens is 284 g/mol. The van der Waals surface area contributed by atoms with Crippen molar-refractivity contribution in [3.8, 4) is 17.1 Å². The standard InChI is InChI=1S/C17H12O5/c18-13(19)9-11-7-4-8-12-14(20)15(21)17(22-16(11)12)10-5-2-1-3-6-10/h1-8,21H,9H2,(H,18,19). The van der Waals surface area contributed by atoms with E-state index < -0.39 is 17.1 Å². The van der Waals surface area contributed by atoms with Crippen LogP contribution in [-0.2, 0) is 11.2 Å². The van der Waals surface area contributed by atoms with Crippen molar-refractivity contribution in [1.82, 2.24) is 0 Å². The molecule has 0 unspecified atom stereocenters. The number of hydrogen-bond acceptors (Lipinski definition) is 4. The molecule has 0 aliphatic rings. The van der Waals surface area contributed by atoms with Gasteiger partial charge in [0.2, 0.25) is 11.2 Å². The van der Waals surface area contributed by atoms with Crippen LogP contribution in [0.1, 0.15) is 5.56 Å². The predicted octanol–water partition coefficient (Wildman–Crippen LogP) is 2.79. The normalized spacial score (nSPS) is 10.7. The Morgan fingerprint density at radius 3 is 2.45 bits per heavy atom. The van der Waals surface area contributed by atoms with Crippen LogP contribution in [0.4, 0.5) is 0 Å². The molecule has 0 aliphatic carbocycles. The smallest absolute Gasteiger partial charge is 0.307 e. The van der Waals surface area contributed by atoms with Crippen molar-refractivity contribution < 1.29 is 19.4 Å². The maximum absolute atomic E-state index is 12.3. The molecule has 0 atom stereocenters. The van der Waals surface area contributed by atoms with E-state index in [9.17, 15) is 14.7 Å². The topological polar surface area (TPSA) is 87.7 Å². The molecule has 110 valence electrons. The van der Waals surface area contributed by atoms with Gasteiger partial charge in [0, 0.05) is 11.1 Å². The van der Waals surface area contributed by atoms with Gasteiger partial charge in [-0.25, -0.2) is 0 Å². The van der Waals surface area contributed by atoms with Gasteiger partial charge in [0.15, 0.2) is 5.76 Å². The Morgan fingerprint density at radius 2 is 1.77 bits per heavy atom. The van der Waals surface area contributed by atoms with E-state index in [1.807, 2.05) is 0 Å². The zero-order chi connectivity index (χ0) is 15.7. The zero-order valence-corrected chi connectivity index (χ0v) is 11.4. The van der Waals surface area contributed by atoms with Crippen LogP contribution in [0.3, 0.4) is 0 Å². The Bertz CT molecular complexity index is 909. The number of carbonyl (C=O) groups is 1. The highest BCUT2D eigenvalue weighted by atomic mass is 16.4. The number of rotatable bonds is 3. The molecule has 0 amide bonds. The van der Waals surface area contributed by atoms with Crippen molar-refractivity contribution in [1.29, 1.82) is 0 Å². The monoisotopic (exact) mass is 296 g/mol. The SMILES string of the molecule is O=C(O)Cc1cccc2c(=O)c(O)c(-c3ccccc3)oc12. The van der Waals surface area contributed by atoms with Crippen LogP contribution in [0, 0.1) is 0 Å². The second-order valence-electron chi connectivity index (χ2n) is 4.84. The van der Waals surface area contributed by atoms with Crippen molar-refractivity contribution in [2.75, 3.05) is 0 Å². The number of carboxylic acids is 1. The summed E-state index contributed by atoms with van der Waals surface area (Å²) in [6.07, 6.45) is -0.265. The number of aliphatic carboxylic acids is 1. The molecule has 0 fully saturated rings. The lowest BCUT2D eigenvalue weighted by molar-refractivity contribution is -0.136. The average molecular weight is 296 g/mol. The van der Waals surface area contributed by atoms with Gasteiger partial charge >= 0.3 is 5.97 Å². The summed E-state index contributed by atoms with van der Waals surface area (Å²) in [6.45, 7) is 0. The molecule has 2 N–H and O–H groups in total. The number of para-hydroxylation sites is 1. The number of benzene rings is 2. The molecule has 0 bridgehead atoms. The third-order valence-electron chi connectivity index (χ3n) is 3.35. The fraction of sp³-hybridized carbons (Fsp3) is 0.0588. The first-order chi connectivity index (χ1) is 10.6. The van der Waals surface area contributed by atoms with E-state index >= 15 is 0 Å². The van der Waals surface area contributed by atoms with Gasteiger partial charge in [0.25, 0.3) is 0 Å². The number of fused-ring (bicyclic) bond motifs is 1. The largest absolute Gasteiger partial charge is 0.502 e. The Hall–Kier alpha value is -3.08. The molecule has 1 aromatic heterocycles. The third kappa shape index (κ3) is 2.33. The van der Waals surface area contributed by atoms with Crippen molar-refractivity contribution in [2.24, 2.45) is 0 Å². The molecule has 0 aliphatic heterocycles. The molecule has 22 heavy (non-hydrogen) atoms. The van der Waals surface area contributed by atoms with Gasteiger partial charge in [0.05, 0.1) is 11.8 Å². The summed E-state index contributed by atoms with van der Waals surface area (Å²) in [6, 6.07) is 13.4. The number of carboxylic acid groups (broad SMARTS) is 1. The molecule has 3 rings (SSSR count). The summed E-state index contributed by atoms with van der Waals surface area (Å²) in [5, 5.41) is 19.2. The third-order valence-corrected chi connectivity index (χ3v) is 3.35. The van der Waals surface area contributed by atoms with Crippen molar-refractivity contribution in [3.63, 3.8) is 0 Å². The zero-order valence-electron chi connectivity index (χ0n) is 11.4. The Balaban J connectivity index is 2.34. The highest BCUT2D eigenvalue weighted by molar-refractivity contribution is 5.86. The van der Waals surface area contributed by atoms with Crippen LogP contribution < -0.4 is 5.43 Å². The van der Waals surface area contributed by atoms with Crippen LogP contribution in [0.5, 0.6) is 5.75 Å². The van der Waals surface area contributed by atoms with Crippen LogP contribution in [0.25, 0.3) is 22.3 Å². The minimum Gasteiger partial charge on any atom is -0.502 e. The van der Waals surface area contributed by atoms with Gasteiger partial charge < -0.3 is 14.6 Å². The van der Waals surface area contributed by atoms with E-state index in [2.05, 4.69) is 0 Å². The van der Waals surface area contributed by atoms with Crippen LogP contribution in [0.2, 0.25) is 0 Å². The first kappa shape index (κ1) is 13.9. The number of aromatic hydroxyl groups is 1. The van der Waals surface area contributed by atoms with Crippen molar-refractivity contribution in [3.05, 3.63) is 64.3 Å². The summed E-state index contributed by atoms with van der Waals surface area (Å²) in [5.41, 5.74) is 0.544. The molecule has 0 saturated carbocycles. The maximum Gasteiger partial charge on any atom is 0.307 e. The van der Waals surface area contributed by atoms with Gasteiger partial charge in [-0.1, -0.05) is 42.5 Å². The summed E-state index contributed by atoms with van der Waals surface area (Å²) in [5.74, 6) is -1.47. The second-order valence-corrected chi connectivity index (χ2v) is 4.84. The fourth-order valence-electron chi connectivity index (χ4n) is 2.35. The lowest BCUT2D eigenvalue weighted by Crippen LogP contribution is -2.06. The molecule has 5 nitrogen and oxygen atoms in total. The molecule has 5 heteroatoms. The van der Waals surface area contributed by atoms with Crippen molar-refractivity contribution >= 4 is 16.9 Å². The van der Waals surface area contributed by atoms with E-state index in [0.717, 1.165) is 0 Å². The molecule has 3 aromatic rings. The summed E-state index contributed by atoms with van der Waals surface area (Å²) < 4.78 is 5.68. The van der Waals surface area contributed by atoms with E-state index in [0.29, 0.717) is 11.1 Å². The summed E-state index contributed by atoms with van der Waals surface area (Å²) in [7, 11) is 0.